The molecule has 1 fully saturated rings. The average molecular weight is 306 g/mol. The standard InChI is InChI=1S/C15H18N2O3S/c1-11-9-15(8-3-12(11)10-16)21(19,20)17(2)13-4-6-14(18)7-5-13/h3,8-9,13H,4-7H2,1-2H3. The average Bonchev–Trinajstić information content (AvgIpc) is 2.47. The van der Waals surface area contributed by atoms with Crippen molar-refractivity contribution in [3.63, 3.8) is 0 Å². The molecule has 1 aromatic carbocycles. The van der Waals surface area contributed by atoms with E-state index in [1.54, 1.807) is 14.0 Å². The lowest BCUT2D eigenvalue weighted by atomic mass is 9.95. The number of carbonyl (C=O) groups is 1. The summed E-state index contributed by atoms with van der Waals surface area (Å²) in [6.45, 7) is 1.72. The van der Waals surface area contributed by atoms with E-state index in [0.717, 1.165) is 0 Å². The number of hydrogen-bond donors (Lipinski definition) is 0. The van der Waals surface area contributed by atoms with Crippen LogP contribution in [0.25, 0.3) is 0 Å². The van der Waals surface area contributed by atoms with Gasteiger partial charge in [-0.1, -0.05) is 0 Å². The van der Waals surface area contributed by atoms with Gasteiger partial charge in [0.15, 0.2) is 0 Å². The molecule has 5 nitrogen and oxygen atoms in total. The first-order valence-electron chi connectivity index (χ1n) is 6.86. The molecule has 0 saturated heterocycles. The number of benzene rings is 1. The van der Waals surface area contributed by atoms with Crippen LogP contribution in [0.1, 0.15) is 36.8 Å². The Morgan fingerprint density at radius 2 is 1.90 bits per heavy atom. The van der Waals surface area contributed by atoms with Crippen LogP contribution in [0.3, 0.4) is 0 Å². The number of ketones is 1. The normalized spacial score (nSPS) is 17.0. The summed E-state index contributed by atoms with van der Waals surface area (Å²) in [5.41, 5.74) is 1.12. The number of aryl methyl sites for hydroxylation is 1. The maximum absolute atomic E-state index is 12.6. The van der Waals surface area contributed by atoms with Gasteiger partial charge in [-0.3, -0.25) is 4.79 Å². The zero-order valence-corrected chi connectivity index (χ0v) is 13.0. The molecule has 0 radical (unpaired) electrons. The molecule has 0 atom stereocenters. The Morgan fingerprint density at radius 3 is 2.43 bits per heavy atom. The van der Waals surface area contributed by atoms with Crippen LogP contribution in [0.4, 0.5) is 0 Å². The second kappa shape index (κ2) is 5.96. The highest BCUT2D eigenvalue weighted by Crippen LogP contribution is 2.26. The van der Waals surface area contributed by atoms with Gasteiger partial charge in [0.2, 0.25) is 10.0 Å². The summed E-state index contributed by atoms with van der Waals surface area (Å²) >= 11 is 0. The van der Waals surface area contributed by atoms with Crippen molar-refractivity contribution in [1.29, 1.82) is 5.26 Å². The maximum Gasteiger partial charge on any atom is 0.243 e. The summed E-state index contributed by atoms with van der Waals surface area (Å²) in [6.07, 6.45) is 2.03. The fourth-order valence-corrected chi connectivity index (χ4v) is 4.07. The van der Waals surface area contributed by atoms with E-state index in [-0.39, 0.29) is 16.7 Å². The van der Waals surface area contributed by atoms with Gasteiger partial charge in [0.1, 0.15) is 5.78 Å². The third kappa shape index (κ3) is 3.14. The van der Waals surface area contributed by atoms with Gasteiger partial charge in [-0.2, -0.15) is 9.57 Å². The molecule has 0 unspecified atom stereocenters. The molecule has 0 bridgehead atoms. The van der Waals surface area contributed by atoms with Crippen LogP contribution in [0.2, 0.25) is 0 Å². The summed E-state index contributed by atoms with van der Waals surface area (Å²) in [4.78, 5) is 11.5. The van der Waals surface area contributed by atoms with Gasteiger partial charge in [-0.05, 0) is 43.5 Å². The van der Waals surface area contributed by atoms with E-state index in [0.29, 0.717) is 36.8 Å². The Balaban J connectivity index is 2.27. The van der Waals surface area contributed by atoms with E-state index in [4.69, 9.17) is 5.26 Å². The van der Waals surface area contributed by atoms with Gasteiger partial charge in [0.05, 0.1) is 16.5 Å². The molecule has 0 N–H and O–H groups in total. The van der Waals surface area contributed by atoms with Crippen molar-refractivity contribution in [2.75, 3.05) is 7.05 Å². The Morgan fingerprint density at radius 1 is 1.29 bits per heavy atom. The number of hydrogen-bond acceptors (Lipinski definition) is 4. The Kier molecular flexibility index (Phi) is 4.45. The molecule has 2 rings (SSSR count). The quantitative estimate of drug-likeness (QED) is 0.855. The topological polar surface area (TPSA) is 78.2 Å². The Hall–Kier alpha value is -1.71. The largest absolute Gasteiger partial charge is 0.300 e. The predicted molar refractivity (Wildman–Crippen MR) is 78.1 cm³/mol. The predicted octanol–water partition coefficient (Wildman–Crippen LogP) is 2.00. The van der Waals surface area contributed by atoms with Crippen molar-refractivity contribution in [2.24, 2.45) is 0 Å². The number of carbonyl (C=O) groups excluding carboxylic acids is 1. The van der Waals surface area contributed by atoms with Crippen LogP contribution in [0, 0.1) is 18.3 Å². The SMILES string of the molecule is Cc1cc(S(=O)(=O)N(C)C2CCC(=O)CC2)ccc1C#N. The molecule has 1 aliphatic carbocycles. The summed E-state index contributed by atoms with van der Waals surface area (Å²) < 4.78 is 26.6. The molecule has 0 spiro atoms. The molecule has 6 heteroatoms. The monoisotopic (exact) mass is 306 g/mol. The lowest BCUT2D eigenvalue weighted by molar-refractivity contribution is -0.120. The van der Waals surface area contributed by atoms with Crippen LogP contribution < -0.4 is 0 Å². The minimum Gasteiger partial charge on any atom is -0.300 e. The maximum atomic E-state index is 12.6. The molecule has 0 aliphatic heterocycles. The van der Waals surface area contributed by atoms with Crippen molar-refractivity contribution in [3.05, 3.63) is 29.3 Å². The summed E-state index contributed by atoms with van der Waals surface area (Å²) in [6, 6.07) is 6.41. The molecule has 0 heterocycles. The second-order valence-corrected chi connectivity index (χ2v) is 7.38. The van der Waals surface area contributed by atoms with E-state index in [9.17, 15) is 13.2 Å². The molecule has 112 valence electrons. The number of nitriles is 1. The van der Waals surface area contributed by atoms with E-state index in [1.165, 1.54) is 22.5 Å². The van der Waals surface area contributed by atoms with Crippen LogP contribution in [0.5, 0.6) is 0 Å². The van der Waals surface area contributed by atoms with Crippen LogP contribution >= 0.6 is 0 Å². The number of Topliss-reactive ketones (excluding diaryl/α,β-unsaturated/α-hetero) is 1. The van der Waals surface area contributed by atoms with Gasteiger partial charge in [0.25, 0.3) is 0 Å². The third-order valence-electron chi connectivity index (χ3n) is 4.02. The molecule has 1 aliphatic rings. The number of nitrogens with zero attached hydrogens (tertiary/aromatic N) is 2. The van der Waals surface area contributed by atoms with Gasteiger partial charge >= 0.3 is 0 Å². The van der Waals surface area contributed by atoms with Crippen molar-refractivity contribution in [1.82, 2.24) is 4.31 Å². The van der Waals surface area contributed by atoms with Gasteiger partial charge in [-0.25, -0.2) is 8.42 Å². The first-order valence-corrected chi connectivity index (χ1v) is 8.30. The van der Waals surface area contributed by atoms with Gasteiger partial charge in [0, 0.05) is 25.9 Å². The molecule has 21 heavy (non-hydrogen) atoms. The van der Waals surface area contributed by atoms with E-state index in [2.05, 4.69) is 0 Å². The minimum absolute atomic E-state index is 0.136. The molecule has 0 amide bonds. The summed E-state index contributed by atoms with van der Waals surface area (Å²) in [7, 11) is -2.03. The third-order valence-corrected chi connectivity index (χ3v) is 5.93. The second-order valence-electron chi connectivity index (χ2n) is 5.38. The van der Waals surface area contributed by atoms with E-state index in [1.807, 2.05) is 6.07 Å². The minimum atomic E-state index is -3.59. The fourth-order valence-electron chi connectivity index (χ4n) is 2.57. The highest BCUT2D eigenvalue weighted by atomic mass is 32.2. The van der Waals surface area contributed by atoms with Crippen molar-refractivity contribution in [3.8, 4) is 6.07 Å². The van der Waals surface area contributed by atoms with E-state index < -0.39 is 10.0 Å². The highest BCUT2D eigenvalue weighted by molar-refractivity contribution is 7.89. The highest BCUT2D eigenvalue weighted by Gasteiger charge is 2.31. The zero-order valence-electron chi connectivity index (χ0n) is 12.2. The smallest absolute Gasteiger partial charge is 0.243 e. The first-order chi connectivity index (χ1) is 9.86. The zero-order chi connectivity index (χ0) is 15.6. The van der Waals surface area contributed by atoms with Crippen molar-refractivity contribution >= 4 is 15.8 Å². The summed E-state index contributed by atoms with van der Waals surface area (Å²) in [5, 5.41) is 8.91. The van der Waals surface area contributed by atoms with Crippen LogP contribution in [-0.4, -0.2) is 31.6 Å². The van der Waals surface area contributed by atoms with Crippen LogP contribution in [0.15, 0.2) is 23.1 Å². The number of sulfonamides is 1. The number of rotatable bonds is 3. The van der Waals surface area contributed by atoms with Gasteiger partial charge < -0.3 is 0 Å². The first kappa shape index (κ1) is 15.7. The van der Waals surface area contributed by atoms with Crippen molar-refractivity contribution in [2.45, 2.75) is 43.5 Å². The Bertz CT molecular complexity index is 694. The molecular formula is C15H18N2O3S. The Labute approximate surface area is 125 Å². The molecule has 1 aromatic rings. The lowest BCUT2D eigenvalue weighted by Gasteiger charge is -2.30. The van der Waals surface area contributed by atoms with Gasteiger partial charge in [-0.15, -0.1) is 0 Å². The van der Waals surface area contributed by atoms with Crippen molar-refractivity contribution < 1.29 is 13.2 Å². The van der Waals surface area contributed by atoms with Crippen LogP contribution in [-0.2, 0) is 14.8 Å². The summed E-state index contributed by atoms with van der Waals surface area (Å²) in [5.74, 6) is 0.200. The molecular weight excluding hydrogens is 288 g/mol. The van der Waals surface area contributed by atoms with E-state index >= 15 is 0 Å². The fraction of sp³-hybridized carbons (Fsp3) is 0.467. The molecule has 0 aromatic heterocycles. The molecule has 1 saturated carbocycles. The lowest BCUT2D eigenvalue weighted by Crippen LogP contribution is -2.39.